The van der Waals surface area contributed by atoms with Gasteiger partial charge in [0.2, 0.25) is 11.8 Å². The number of nitrogens with one attached hydrogen (secondary N) is 3. The molecule has 3 amide bonds. The number of carbonyl (C=O) groups excluding carboxylic acids is 4. The van der Waals surface area contributed by atoms with Gasteiger partial charge >= 0.3 is 11.9 Å². The van der Waals surface area contributed by atoms with Gasteiger partial charge in [-0.15, -0.1) is 0 Å². The monoisotopic (exact) mass is 678 g/mol. The van der Waals surface area contributed by atoms with Crippen LogP contribution >= 0.6 is 23.2 Å². The van der Waals surface area contributed by atoms with E-state index in [4.69, 9.17) is 39.4 Å². The number of halogens is 2. The summed E-state index contributed by atoms with van der Waals surface area (Å²) in [5, 5.41) is 38.4. The van der Waals surface area contributed by atoms with Gasteiger partial charge in [0.1, 0.15) is 24.8 Å². The highest BCUT2D eigenvalue weighted by Gasteiger charge is 2.28. The summed E-state index contributed by atoms with van der Waals surface area (Å²) >= 11 is 11.2. The Hall–Kier alpha value is -3.57. The molecule has 252 valence electrons. The number of carboxylic acid groups (broad SMARTS) is 1. The molecule has 0 aliphatic rings. The molecule has 9 N–H and O–H groups in total. The predicted octanol–water partition coefficient (Wildman–Crippen LogP) is 0.552. The molecule has 0 spiro atoms. The molecule has 0 unspecified atom stereocenters. The lowest BCUT2D eigenvalue weighted by atomic mass is 10.0. The van der Waals surface area contributed by atoms with E-state index in [1.807, 2.05) is 0 Å². The van der Waals surface area contributed by atoms with Crippen molar-refractivity contribution >= 4 is 58.5 Å². The molecule has 0 aliphatic carbocycles. The van der Waals surface area contributed by atoms with Gasteiger partial charge in [-0.05, 0) is 69.3 Å². The molecule has 1 rings (SSSR count). The van der Waals surface area contributed by atoms with Gasteiger partial charge in [-0.3, -0.25) is 29.3 Å². The Labute approximate surface area is 269 Å². The van der Waals surface area contributed by atoms with Crippen molar-refractivity contribution in [1.29, 1.82) is 0 Å². The highest BCUT2D eigenvalue weighted by atomic mass is 35.5. The van der Waals surface area contributed by atoms with Crippen molar-refractivity contribution in [1.82, 2.24) is 16.0 Å². The van der Waals surface area contributed by atoms with Crippen molar-refractivity contribution < 1.29 is 43.8 Å². The summed E-state index contributed by atoms with van der Waals surface area (Å²) < 4.78 is 5.14. The van der Waals surface area contributed by atoms with Crippen molar-refractivity contribution in [3.05, 3.63) is 39.9 Å². The van der Waals surface area contributed by atoms with Crippen molar-refractivity contribution in [3.8, 4) is 0 Å². The van der Waals surface area contributed by atoms with Crippen LogP contribution in [0.25, 0.3) is 0 Å². The zero-order valence-electron chi connectivity index (χ0n) is 24.5. The topological polar surface area (TPSA) is 266 Å². The maximum atomic E-state index is 12.9. The van der Waals surface area contributed by atoms with E-state index in [0.717, 1.165) is 12.1 Å². The number of benzene rings is 1. The van der Waals surface area contributed by atoms with Gasteiger partial charge in [0.15, 0.2) is 4.84 Å². The molecular formula is C27H40Cl2N6O10. The van der Waals surface area contributed by atoms with Gasteiger partial charge in [0.05, 0.1) is 17.4 Å². The number of aliphatic hydroxyl groups excluding tert-OH is 1. The first-order valence-corrected chi connectivity index (χ1v) is 15.1. The number of hydrogen-bond donors (Lipinski definition) is 7. The maximum Gasteiger partial charge on any atom is 0.326 e. The first-order chi connectivity index (χ1) is 21.3. The number of nitro benzene ring substituents is 1. The third-order valence-corrected chi connectivity index (χ3v) is 6.89. The third kappa shape index (κ3) is 15.3. The fourth-order valence-electron chi connectivity index (χ4n) is 4.00. The van der Waals surface area contributed by atoms with Crippen LogP contribution < -0.4 is 27.4 Å². The Bertz CT molecular complexity index is 1140. The number of non-ortho nitro benzene ring substituents is 1. The second-order valence-electron chi connectivity index (χ2n) is 9.98. The highest BCUT2D eigenvalue weighted by Crippen LogP contribution is 2.21. The second-order valence-corrected chi connectivity index (χ2v) is 11.1. The van der Waals surface area contributed by atoms with Crippen LogP contribution in [0.4, 0.5) is 5.69 Å². The number of aliphatic hydroxyl groups is 1. The molecule has 0 aliphatic heterocycles. The minimum atomic E-state index is -1.51. The van der Waals surface area contributed by atoms with Gasteiger partial charge in [0, 0.05) is 18.6 Å². The number of aliphatic carboxylic acids is 1. The van der Waals surface area contributed by atoms with E-state index in [9.17, 15) is 44.3 Å². The normalized spacial score (nSPS) is 13.6. The maximum absolute atomic E-state index is 12.9. The minimum absolute atomic E-state index is 0.157. The van der Waals surface area contributed by atoms with Crippen molar-refractivity contribution in [2.24, 2.45) is 11.5 Å². The van der Waals surface area contributed by atoms with E-state index >= 15 is 0 Å². The molecule has 0 fully saturated rings. The fraction of sp³-hybridized carbons (Fsp3) is 0.593. The van der Waals surface area contributed by atoms with Gasteiger partial charge in [-0.25, -0.2) is 4.79 Å². The zero-order valence-corrected chi connectivity index (χ0v) is 26.0. The molecule has 0 aromatic heterocycles. The molecular weight excluding hydrogens is 639 g/mol. The molecule has 1 aromatic carbocycles. The van der Waals surface area contributed by atoms with Gasteiger partial charge in [-0.2, -0.15) is 0 Å². The van der Waals surface area contributed by atoms with E-state index in [-0.39, 0.29) is 24.1 Å². The number of amides is 3. The van der Waals surface area contributed by atoms with Crippen LogP contribution in [0.2, 0.25) is 0 Å². The molecule has 4 atom stereocenters. The second kappa shape index (κ2) is 21.2. The Morgan fingerprint density at radius 2 is 1.44 bits per heavy atom. The Morgan fingerprint density at radius 3 is 1.96 bits per heavy atom. The summed E-state index contributed by atoms with van der Waals surface area (Å²) in [6.45, 7) is 0.148. The number of rotatable bonds is 22. The number of hydrogen-bond acceptors (Lipinski definition) is 11. The molecule has 0 radical (unpaired) electrons. The lowest BCUT2D eigenvalue weighted by Gasteiger charge is -2.24. The van der Waals surface area contributed by atoms with Crippen LogP contribution in [-0.2, 0) is 28.7 Å². The van der Waals surface area contributed by atoms with Crippen LogP contribution in [0.5, 0.6) is 0 Å². The summed E-state index contributed by atoms with van der Waals surface area (Å²) in [5.74, 6) is -4.39. The number of unbranched alkanes of at least 4 members (excludes halogenated alkanes) is 2. The average molecular weight is 680 g/mol. The van der Waals surface area contributed by atoms with Crippen LogP contribution in [0.3, 0.4) is 0 Å². The number of alkyl halides is 2. The average Bonchev–Trinajstić information content (AvgIpc) is 3.00. The Morgan fingerprint density at radius 1 is 0.867 bits per heavy atom. The Balaban J connectivity index is 2.81. The number of nitrogens with zero attached hydrogens (tertiary/aromatic N) is 1. The number of ether oxygens (including phenoxy) is 1. The zero-order chi connectivity index (χ0) is 33.9. The molecule has 45 heavy (non-hydrogen) atoms. The standard InChI is InChI=1S/C27H40Cl2N6O10/c28-24(29)26(40)34-20(23(38)16-7-9-17(10-8-16)35(43)44)15-45-22(37)12-11-21(36)32-18(5-1-3-13-30)25(39)33-19(27(41)42)6-2-4-14-31/h7-10,18-20,23-24,38H,1-6,11-15,30-31H2,(H,32,36)(H,33,39)(H,34,40)(H,41,42)/t18-,19-,20+,23+/m0/s1. The molecule has 0 saturated carbocycles. The van der Waals surface area contributed by atoms with Crippen LogP contribution in [0.1, 0.15) is 63.0 Å². The molecule has 1 aromatic rings. The molecule has 16 nitrogen and oxygen atoms in total. The summed E-state index contributed by atoms with van der Waals surface area (Å²) in [6.07, 6.45) is 0.0927. The van der Waals surface area contributed by atoms with Gasteiger partial charge in [-0.1, -0.05) is 23.2 Å². The van der Waals surface area contributed by atoms with Crippen molar-refractivity contribution in [3.63, 3.8) is 0 Å². The number of esters is 1. The lowest BCUT2D eigenvalue weighted by molar-refractivity contribution is -0.384. The van der Waals surface area contributed by atoms with E-state index in [1.165, 1.54) is 12.1 Å². The van der Waals surface area contributed by atoms with Crippen LogP contribution in [0.15, 0.2) is 24.3 Å². The van der Waals surface area contributed by atoms with Gasteiger partial charge < -0.3 is 42.4 Å². The summed E-state index contributed by atoms with van der Waals surface area (Å²) in [5.41, 5.74) is 10.9. The first-order valence-electron chi connectivity index (χ1n) is 14.2. The SMILES string of the molecule is NCCCC[C@H](NC(=O)[C@H](CCCCN)NC(=O)CCC(=O)OC[C@@H](NC(=O)C(Cl)Cl)[C@H](O)c1ccc([N+](=O)[O-])cc1)C(=O)O. The van der Waals surface area contributed by atoms with E-state index in [1.54, 1.807) is 0 Å². The quantitative estimate of drug-likeness (QED) is 0.0291. The van der Waals surface area contributed by atoms with E-state index < -0.39 is 83.1 Å². The van der Waals surface area contributed by atoms with Crippen LogP contribution in [0, 0.1) is 10.1 Å². The third-order valence-electron chi connectivity index (χ3n) is 6.49. The summed E-state index contributed by atoms with van der Waals surface area (Å²) in [4.78, 5) is 70.3. The largest absolute Gasteiger partial charge is 0.480 e. The minimum Gasteiger partial charge on any atom is -0.480 e. The number of carboxylic acids is 1. The van der Waals surface area contributed by atoms with E-state index in [2.05, 4.69) is 16.0 Å². The molecule has 0 bridgehead atoms. The molecule has 0 heterocycles. The van der Waals surface area contributed by atoms with Crippen LogP contribution in [-0.4, -0.2) is 87.5 Å². The highest BCUT2D eigenvalue weighted by molar-refractivity contribution is 6.53. The van der Waals surface area contributed by atoms with E-state index in [0.29, 0.717) is 38.8 Å². The number of nitrogens with two attached hydrogens (primary N) is 2. The molecule has 0 saturated heterocycles. The van der Waals surface area contributed by atoms with Gasteiger partial charge in [0.25, 0.3) is 11.6 Å². The lowest BCUT2D eigenvalue weighted by Crippen LogP contribution is -2.51. The van der Waals surface area contributed by atoms with Crippen molar-refractivity contribution in [2.75, 3.05) is 19.7 Å². The summed E-state index contributed by atoms with van der Waals surface area (Å²) in [6, 6.07) is 1.28. The Kier molecular flexibility index (Phi) is 18.6. The smallest absolute Gasteiger partial charge is 0.326 e. The number of nitro groups is 1. The fourth-order valence-corrected chi connectivity index (χ4v) is 4.13. The van der Waals surface area contributed by atoms with Crippen molar-refractivity contribution in [2.45, 2.75) is 80.4 Å². The molecule has 18 heteroatoms. The predicted molar refractivity (Wildman–Crippen MR) is 163 cm³/mol. The first kappa shape index (κ1) is 39.5. The summed E-state index contributed by atoms with van der Waals surface area (Å²) in [7, 11) is 0. The number of carbonyl (C=O) groups is 5.